The number of nitro groups is 1. The highest BCUT2D eigenvalue weighted by atomic mass is 16.6. The lowest BCUT2D eigenvalue weighted by atomic mass is 10.1. The van der Waals surface area contributed by atoms with Crippen molar-refractivity contribution in [2.45, 2.75) is 52.4 Å². The third-order valence-corrected chi connectivity index (χ3v) is 3.35. The third kappa shape index (κ3) is 6.47. The minimum Gasteiger partial charge on any atom is -0.273 e. The molecule has 0 unspecified atom stereocenters. The van der Waals surface area contributed by atoms with Gasteiger partial charge in [0.05, 0.1) is 10.6 Å². The Hall–Kier alpha value is -2.24. The molecule has 0 aliphatic rings. The summed E-state index contributed by atoms with van der Waals surface area (Å²) in [5.74, 6) is -0.0993. The fraction of sp³-hybridized carbons (Fsp3) is 0.500. The molecule has 0 saturated heterocycles. The van der Waals surface area contributed by atoms with E-state index >= 15 is 0 Å². The Morgan fingerprint density at radius 1 is 1.18 bits per heavy atom. The van der Waals surface area contributed by atoms with Crippen LogP contribution >= 0.6 is 0 Å². The molecule has 0 spiro atoms. The van der Waals surface area contributed by atoms with Gasteiger partial charge in [-0.15, -0.1) is 0 Å². The molecule has 0 aromatic heterocycles. The number of hydrogen-bond donors (Lipinski definition) is 1. The molecule has 1 amide bonds. The Labute approximate surface area is 130 Å². The molecule has 0 aliphatic carbocycles. The summed E-state index contributed by atoms with van der Waals surface area (Å²) in [6, 6.07) is 6.08. The van der Waals surface area contributed by atoms with Gasteiger partial charge in [0.2, 0.25) is 5.91 Å². The molecule has 22 heavy (non-hydrogen) atoms. The Bertz CT molecular complexity index is 524. The maximum Gasteiger partial charge on any atom is 0.269 e. The van der Waals surface area contributed by atoms with Crippen molar-refractivity contribution < 1.29 is 9.72 Å². The number of hydrogen-bond acceptors (Lipinski definition) is 4. The first-order valence-corrected chi connectivity index (χ1v) is 7.62. The smallest absolute Gasteiger partial charge is 0.269 e. The van der Waals surface area contributed by atoms with E-state index < -0.39 is 4.92 Å². The van der Waals surface area contributed by atoms with Crippen LogP contribution in [0.2, 0.25) is 0 Å². The lowest BCUT2D eigenvalue weighted by molar-refractivity contribution is -0.384. The summed E-state index contributed by atoms with van der Waals surface area (Å²) in [6.45, 7) is 3.91. The second kappa shape index (κ2) is 9.65. The molecule has 0 heterocycles. The first-order valence-electron chi connectivity index (χ1n) is 7.62. The van der Waals surface area contributed by atoms with Crippen LogP contribution in [-0.4, -0.2) is 16.5 Å². The Balaban J connectivity index is 2.41. The standard InChI is InChI=1S/C16H23N3O3/c1-3-4-5-6-7-8-16(20)18-17-13(2)14-9-11-15(12-10-14)19(21)22/h9-12H,3-8H2,1-2H3,(H,18,20). The van der Waals surface area contributed by atoms with E-state index in [1.165, 1.54) is 25.0 Å². The van der Waals surface area contributed by atoms with Gasteiger partial charge in [-0.2, -0.15) is 5.10 Å². The normalized spacial score (nSPS) is 11.3. The van der Waals surface area contributed by atoms with Gasteiger partial charge in [0, 0.05) is 18.6 Å². The molecule has 1 rings (SSSR count). The second-order valence-corrected chi connectivity index (χ2v) is 5.20. The Morgan fingerprint density at radius 2 is 1.82 bits per heavy atom. The van der Waals surface area contributed by atoms with Gasteiger partial charge in [-0.25, -0.2) is 5.43 Å². The van der Waals surface area contributed by atoms with Crippen LogP contribution < -0.4 is 5.43 Å². The maximum absolute atomic E-state index is 11.6. The van der Waals surface area contributed by atoms with Gasteiger partial charge in [-0.05, 0) is 31.0 Å². The van der Waals surface area contributed by atoms with E-state index in [9.17, 15) is 14.9 Å². The summed E-state index contributed by atoms with van der Waals surface area (Å²) < 4.78 is 0. The second-order valence-electron chi connectivity index (χ2n) is 5.20. The minimum absolute atomic E-state index is 0.0349. The van der Waals surface area contributed by atoms with Crippen LogP contribution in [0.3, 0.4) is 0 Å². The number of carbonyl (C=O) groups excluding carboxylic acids is 1. The summed E-state index contributed by atoms with van der Waals surface area (Å²) in [5, 5.41) is 14.6. The van der Waals surface area contributed by atoms with Crippen LogP contribution in [0.4, 0.5) is 5.69 Å². The number of nitro benzene ring substituents is 1. The highest BCUT2D eigenvalue weighted by molar-refractivity contribution is 5.99. The summed E-state index contributed by atoms with van der Waals surface area (Å²) in [4.78, 5) is 21.8. The van der Waals surface area contributed by atoms with Gasteiger partial charge in [0.1, 0.15) is 0 Å². The molecule has 1 N–H and O–H groups in total. The van der Waals surface area contributed by atoms with Crippen molar-refractivity contribution in [1.82, 2.24) is 5.43 Å². The first-order chi connectivity index (χ1) is 10.5. The Kier molecular flexibility index (Phi) is 7.81. The predicted octanol–water partition coefficient (Wildman–Crippen LogP) is 3.80. The summed E-state index contributed by atoms with van der Waals surface area (Å²) in [6.07, 6.45) is 5.96. The van der Waals surface area contributed by atoms with Crippen molar-refractivity contribution in [2.75, 3.05) is 0 Å². The molecule has 0 radical (unpaired) electrons. The average Bonchev–Trinajstić information content (AvgIpc) is 2.52. The van der Waals surface area contributed by atoms with Gasteiger partial charge in [-0.3, -0.25) is 14.9 Å². The topological polar surface area (TPSA) is 84.6 Å². The molecule has 0 aliphatic heterocycles. The largest absolute Gasteiger partial charge is 0.273 e. The zero-order valence-electron chi connectivity index (χ0n) is 13.2. The average molecular weight is 305 g/mol. The number of amides is 1. The van der Waals surface area contributed by atoms with Crippen molar-refractivity contribution in [3.63, 3.8) is 0 Å². The van der Waals surface area contributed by atoms with E-state index in [2.05, 4.69) is 17.5 Å². The quantitative estimate of drug-likeness (QED) is 0.326. The molecule has 0 saturated carbocycles. The number of carbonyl (C=O) groups is 1. The van der Waals surface area contributed by atoms with E-state index in [1.54, 1.807) is 19.1 Å². The number of benzene rings is 1. The number of unbranched alkanes of at least 4 members (excludes halogenated alkanes) is 4. The number of nitrogens with one attached hydrogen (secondary N) is 1. The summed E-state index contributed by atoms with van der Waals surface area (Å²) in [5.41, 5.74) is 3.92. The van der Waals surface area contributed by atoms with E-state index in [0.29, 0.717) is 12.1 Å². The Morgan fingerprint density at radius 3 is 2.41 bits per heavy atom. The van der Waals surface area contributed by atoms with Crippen molar-refractivity contribution in [3.8, 4) is 0 Å². The zero-order chi connectivity index (χ0) is 16.4. The highest BCUT2D eigenvalue weighted by Crippen LogP contribution is 2.12. The molecule has 120 valence electrons. The molecule has 0 atom stereocenters. The zero-order valence-corrected chi connectivity index (χ0v) is 13.2. The molecule has 1 aromatic carbocycles. The molecule has 0 bridgehead atoms. The monoisotopic (exact) mass is 305 g/mol. The van der Waals surface area contributed by atoms with Gasteiger partial charge < -0.3 is 0 Å². The van der Waals surface area contributed by atoms with E-state index in [0.717, 1.165) is 24.8 Å². The van der Waals surface area contributed by atoms with Gasteiger partial charge in [0.25, 0.3) is 5.69 Å². The van der Waals surface area contributed by atoms with Crippen molar-refractivity contribution >= 4 is 17.3 Å². The van der Waals surface area contributed by atoms with Crippen LogP contribution in [0, 0.1) is 10.1 Å². The number of hydrazone groups is 1. The SMILES string of the molecule is CCCCCCCC(=O)NN=C(C)c1ccc([N+](=O)[O-])cc1. The summed E-state index contributed by atoms with van der Waals surface area (Å²) >= 11 is 0. The van der Waals surface area contributed by atoms with Crippen molar-refractivity contribution in [3.05, 3.63) is 39.9 Å². The van der Waals surface area contributed by atoms with E-state index in [4.69, 9.17) is 0 Å². The maximum atomic E-state index is 11.6. The number of rotatable bonds is 9. The third-order valence-electron chi connectivity index (χ3n) is 3.35. The fourth-order valence-corrected chi connectivity index (χ4v) is 1.98. The van der Waals surface area contributed by atoms with Crippen molar-refractivity contribution in [2.24, 2.45) is 5.10 Å². The van der Waals surface area contributed by atoms with Gasteiger partial charge in [-0.1, -0.05) is 32.6 Å². The molecule has 6 heteroatoms. The van der Waals surface area contributed by atoms with Gasteiger partial charge in [0.15, 0.2) is 0 Å². The molecule has 6 nitrogen and oxygen atoms in total. The van der Waals surface area contributed by atoms with E-state index in [1.807, 2.05) is 0 Å². The van der Waals surface area contributed by atoms with Crippen LogP contribution in [0.15, 0.2) is 29.4 Å². The molecule has 0 fully saturated rings. The van der Waals surface area contributed by atoms with E-state index in [-0.39, 0.29) is 11.6 Å². The number of non-ortho nitro benzene ring substituents is 1. The van der Waals surface area contributed by atoms with Crippen molar-refractivity contribution in [1.29, 1.82) is 0 Å². The van der Waals surface area contributed by atoms with Crippen LogP contribution in [0.25, 0.3) is 0 Å². The van der Waals surface area contributed by atoms with Gasteiger partial charge >= 0.3 is 0 Å². The predicted molar refractivity (Wildman–Crippen MR) is 86.8 cm³/mol. The molecular formula is C16H23N3O3. The van der Waals surface area contributed by atoms with Crippen LogP contribution in [0.5, 0.6) is 0 Å². The minimum atomic E-state index is -0.448. The summed E-state index contributed by atoms with van der Waals surface area (Å²) in [7, 11) is 0. The highest BCUT2D eigenvalue weighted by Gasteiger charge is 2.06. The fourth-order valence-electron chi connectivity index (χ4n) is 1.98. The lowest BCUT2D eigenvalue weighted by Gasteiger charge is -2.03. The van der Waals surface area contributed by atoms with Crippen LogP contribution in [-0.2, 0) is 4.79 Å². The first kappa shape index (κ1) is 17.8. The lowest BCUT2D eigenvalue weighted by Crippen LogP contribution is -2.18. The number of nitrogens with zero attached hydrogens (tertiary/aromatic N) is 2. The molecular weight excluding hydrogens is 282 g/mol. The van der Waals surface area contributed by atoms with Crippen LogP contribution in [0.1, 0.15) is 57.9 Å². The molecule has 1 aromatic rings.